The molecular formula is C10H10N4O3. The Morgan fingerprint density at radius 3 is 2.88 bits per heavy atom. The van der Waals surface area contributed by atoms with Crippen LogP contribution >= 0.6 is 0 Å². The molecule has 7 heteroatoms. The zero-order valence-corrected chi connectivity index (χ0v) is 9.08. The maximum atomic E-state index is 11.1. The van der Waals surface area contributed by atoms with E-state index < -0.39 is 5.97 Å². The van der Waals surface area contributed by atoms with Crippen molar-refractivity contribution in [3.8, 4) is 0 Å². The summed E-state index contributed by atoms with van der Waals surface area (Å²) in [6.45, 7) is 0.475. The molecule has 2 aromatic heterocycles. The summed E-state index contributed by atoms with van der Waals surface area (Å²) in [7, 11) is 1.29. The molecule has 2 aromatic rings. The van der Waals surface area contributed by atoms with E-state index in [1.807, 2.05) is 0 Å². The van der Waals surface area contributed by atoms with Crippen molar-refractivity contribution < 1.29 is 14.1 Å². The summed E-state index contributed by atoms with van der Waals surface area (Å²) in [5.74, 6) is 0.0289. The molecule has 0 bridgehead atoms. The van der Waals surface area contributed by atoms with Crippen molar-refractivity contribution >= 4 is 11.8 Å². The summed E-state index contributed by atoms with van der Waals surface area (Å²) < 4.78 is 9.19. The van der Waals surface area contributed by atoms with E-state index in [0.29, 0.717) is 12.4 Å². The standard InChI is InChI=1S/C10H10N4O3/c1-16-10(15)8-2-3-9(13-12-8)11-6-7-4-5-17-14-7/h2-5H,6H2,1H3,(H,11,13). The summed E-state index contributed by atoms with van der Waals surface area (Å²) >= 11 is 0. The van der Waals surface area contributed by atoms with E-state index in [9.17, 15) is 4.79 Å². The number of hydrogen-bond acceptors (Lipinski definition) is 7. The minimum absolute atomic E-state index is 0.166. The van der Waals surface area contributed by atoms with Gasteiger partial charge in [0.05, 0.1) is 13.7 Å². The molecular weight excluding hydrogens is 224 g/mol. The van der Waals surface area contributed by atoms with Crippen LogP contribution in [0.15, 0.2) is 29.0 Å². The Morgan fingerprint density at radius 1 is 1.41 bits per heavy atom. The number of carbonyl (C=O) groups excluding carboxylic acids is 1. The molecule has 2 heterocycles. The Bertz CT molecular complexity index is 481. The van der Waals surface area contributed by atoms with Crippen molar-refractivity contribution in [3.05, 3.63) is 35.9 Å². The van der Waals surface area contributed by atoms with E-state index in [1.165, 1.54) is 19.4 Å². The lowest BCUT2D eigenvalue weighted by Gasteiger charge is -2.02. The number of nitrogens with one attached hydrogen (secondary N) is 1. The zero-order valence-electron chi connectivity index (χ0n) is 9.08. The average molecular weight is 234 g/mol. The van der Waals surface area contributed by atoms with E-state index in [2.05, 4.69) is 29.9 Å². The lowest BCUT2D eigenvalue weighted by Crippen LogP contribution is -2.08. The van der Waals surface area contributed by atoms with Crippen LogP contribution in [0.2, 0.25) is 0 Å². The summed E-state index contributed by atoms with van der Waals surface area (Å²) in [6, 6.07) is 4.91. The van der Waals surface area contributed by atoms with Crippen LogP contribution in [0.5, 0.6) is 0 Å². The first-order valence-corrected chi connectivity index (χ1v) is 4.85. The largest absolute Gasteiger partial charge is 0.464 e. The smallest absolute Gasteiger partial charge is 0.358 e. The van der Waals surface area contributed by atoms with E-state index in [-0.39, 0.29) is 5.69 Å². The molecule has 0 saturated carbocycles. The molecule has 0 atom stereocenters. The van der Waals surface area contributed by atoms with Crippen LogP contribution < -0.4 is 5.32 Å². The third kappa shape index (κ3) is 2.77. The molecule has 1 N–H and O–H groups in total. The third-order valence-corrected chi connectivity index (χ3v) is 2.00. The van der Waals surface area contributed by atoms with Gasteiger partial charge in [-0.1, -0.05) is 5.16 Å². The molecule has 0 aromatic carbocycles. The Hall–Kier alpha value is -2.44. The normalized spacial score (nSPS) is 9.94. The Kier molecular flexibility index (Phi) is 3.29. The fraction of sp³-hybridized carbons (Fsp3) is 0.200. The first-order chi connectivity index (χ1) is 8.29. The van der Waals surface area contributed by atoms with Crippen LogP contribution in [0.4, 0.5) is 5.82 Å². The second-order valence-electron chi connectivity index (χ2n) is 3.14. The molecule has 0 aliphatic carbocycles. The fourth-order valence-corrected chi connectivity index (χ4v) is 1.15. The van der Waals surface area contributed by atoms with Gasteiger partial charge >= 0.3 is 5.97 Å². The molecule has 0 unspecified atom stereocenters. The van der Waals surface area contributed by atoms with Crippen molar-refractivity contribution in [3.63, 3.8) is 0 Å². The number of ether oxygens (including phenoxy) is 1. The van der Waals surface area contributed by atoms with Gasteiger partial charge in [-0.05, 0) is 12.1 Å². The SMILES string of the molecule is COC(=O)c1ccc(NCc2ccon2)nn1. The van der Waals surface area contributed by atoms with Crippen LogP contribution in [-0.2, 0) is 11.3 Å². The fourth-order valence-electron chi connectivity index (χ4n) is 1.15. The van der Waals surface area contributed by atoms with Crippen LogP contribution in [-0.4, -0.2) is 28.4 Å². The van der Waals surface area contributed by atoms with Gasteiger partial charge in [-0.3, -0.25) is 0 Å². The molecule has 0 radical (unpaired) electrons. The quantitative estimate of drug-likeness (QED) is 0.784. The summed E-state index contributed by atoms with van der Waals surface area (Å²) in [4.78, 5) is 11.1. The molecule has 0 spiro atoms. The van der Waals surface area contributed by atoms with Gasteiger partial charge in [0.15, 0.2) is 5.69 Å². The molecule has 0 fully saturated rings. The van der Waals surface area contributed by atoms with E-state index in [4.69, 9.17) is 0 Å². The van der Waals surface area contributed by atoms with E-state index >= 15 is 0 Å². The summed E-state index contributed by atoms with van der Waals surface area (Å²) in [5, 5.41) is 14.3. The Morgan fingerprint density at radius 2 is 2.29 bits per heavy atom. The van der Waals surface area contributed by atoms with Gasteiger partial charge in [-0.2, -0.15) is 0 Å². The molecule has 88 valence electrons. The molecule has 0 saturated heterocycles. The highest BCUT2D eigenvalue weighted by Crippen LogP contribution is 2.05. The van der Waals surface area contributed by atoms with E-state index in [0.717, 1.165) is 5.69 Å². The maximum absolute atomic E-state index is 11.1. The Labute approximate surface area is 96.8 Å². The topological polar surface area (TPSA) is 90.1 Å². The van der Waals surface area contributed by atoms with Crippen LogP contribution in [0, 0.1) is 0 Å². The number of esters is 1. The van der Waals surface area contributed by atoms with Crippen molar-refractivity contribution in [2.45, 2.75) is 6.54 Å². The number of rotatable bonds is 4. The molecule has 0 amide bonds. The minimum atomic E-state index is -0.513. The number of hydrogen-bond donors (Lipinski definition) is 1. The van der Waals surface area contributed by atoms with Crippen LogP contribution in [0.1, 0.15) is 16.2 Å². The van der Waals surface area contributed by atoms with Crippen molar-refractivity contribution in [1.29, 1.82) is 0 Å². The molecule has 7 nitrogen and oxygen atoms in total. The number of aromatic nitrogens is 3. The lowest BCUT2D eigenvalue weighted by molar-refractivity contribution is 0.0593. The number of anilines is 1. The Balaban J connectivity index is 1.96. The summed E-state index contributed by atoms with van der Waals surface area (Å²) in [6.07, 6.45) is 1.49. The van der Waals surface area contributed by atoms with Crippen molar-refractivity contribution in [2.75, 3.05) is 12.4 Å². The highest BCUT2D eigenvalue weighted by molar-refractivity contribution is 5.86. The highest BCUT2D eigenvalue weighted by Gasteiger charge is 2.07. The van der Waals surface area contributed by atoms with Gasteiger partial charge in [-0.25, -0.2) is 4.79 Å². The van der Waals surface area contributed by atoms with Gasteiger partial charge in [0.1, 0.15) is 17.8 Å². The second-order valence-corrected chi connectivity index (χ2v) is 3.14. The highest BCUT2D eigenvalue weighted by atomic mass is 16.5. The van der Waals surface area contributed by atoms with Crippen molar-refractivity contribution in [2.24, 2.45) is 0 Å². The van der Waals surface area contributed by atoms with Gasteiger partial charge in [0.25, 0.3) is 0 Å². The monoisotopic (exact) mass is 234 g/mol. The minimum Gasteiger partial charge on any atom is -0.464 e. The third-order valence-electron chi connectivity index (χ3n) is 2.00. The van der Waals surface area contributed by atoms with Gasteiger partial charge in [0, 0.05) is 6.07 Å². The zero-order chi connectivity index (χ0) is 12.1. The van der Waals surface area contributed by atoms with Crippen LogP contribution in [0.25, 0.3) is 0 Å². The summed E-state index contributed by atoms with van der Waals surface area (Å²) in [5.41, 5.74) is 0.920. The predicted molar refractivity (Wildman–Crippen MR) is 57.2 cm³/mol. The average Bonchev–Trinajstić information content (AvgIpc) is 2.89. The molecule has 0 aliphatic rings. The first kappa shape index (κ1) is 11.1. The molecule has 17 heavy (non-hydrogen) atoms. The molecule has 2 rings (SSSR count). The first-order valence-electron chi connectivity index (χ1n) is 4.85. The van der Waals surface area contributed by atoms with Gasteiger partial charge in [0.2, 0.25) is 0 Å². The number of carbonyl (C=O) groups is 1. The van der Waals surface area contributed by atoms with Crippen LogP contribution in [0.3, 0.4) is 0 Å². The number of methoxy groups -OCH3 is 1. The predicted octanol–water partition coefficient (Wildman–Crippen LogP) is 0.863. The maximum Gasteiger partial charge on any atom is 0.358 e. The lowest BCUT2D eigenvalue weighted by atomic mass is 10.4. The van der Waals surface area contributed by atoms with Gasteiger partial charge in [-0.15, -0.1) is 10.2 Å². The van der Waals surface area contributed by atoms with E-state index in [1.54, 1.807) is 12.1 Å². The van der Waals surface area contributed by atoms with Crippen molar-refractivity contribution in [1.82, 2.24) is 15.4 Å². The second kappa shape index (κ2) is 5.06. The molecule has 0 aliphatic heterocycles. The van der Waals surface area contributed by atoms with Gasteiger partial charge < -0.3 is 14.6 Å². The number of nitrogens with zero attached hydrogens (tertiary/aromatic N) is 3.